The summed E-state index contributed by atoms with van der Waals surface area (Å²) in [6.45, 7) is 13.2. The molecule has 0 radical (unpaired) electrons. The summed E-state index contributed by atoms with van der Waals surface area (Å²) < 4.78 is 59.1. The van der Waals surface area contributed by atoms with Gasteiger partial charge in [-0.25, -0.2) is 32.7 Å². The average Bonchev–Trinajstić information content (AvgIpc) is 3.37. The lowest BCUT2D eigenvalue weighted by molar-refractivity contribution is 0.0503. The summed E-state index contributed by atoms with van der Waals surface area (Å²) in [7, 11) is 0. The van der Waals surface area contributed by atoms with Crippen LogP contribution >= 0.6 is 0 Å². The van der Waals surface area contributed by atoms with Gasteiger partial charge in [0.05, 0.1) is 31.1 Å². The number of benzene rings is 1. The number of ether oxygens (including phenoxy) is 3. The minimum absolute atomic E-state index is 0.0623. The Morgan fingerprint density at radius 1 is 1.00 bits per heavy atom. The van der Waals surface area contributed by atoms with Crippen LogP contribution in [0.1, 0.15) is 72.3 Å². The van der Waals surface area contributed by atoms with E-state index in [1.54, 1.807) is 43.0 Å². The van der Waals surface area contributed by atoms with Crippen LogP contribution in [-0.4, -0.2) is 77.6 Å². The third-order valence-corrected chi connectivity index (χ3v) is 8.14. The molecule has 1 N–H and O–H groups in total. The van der Waals surface area contributed by atoms with Crippen molar-refractivity contribution in [1.82, 2.24) is 20.2 Å². The lowest BCUT2D eigenvalue weighted by Gasteiger charge is -2.34. The molecule has 3 atom stereocenters. The molecule has 45 heavy (non-hydrogen) atoms. The second-order valence-electron chi connectivity index (χ2n) is 13.1. The highest BCUT2D eigenvalue weighted by Crippen LogP contribution is 2.33. The van der Waals surface area contributed by atoms with E-state index in [1.807, 2.05) is 13.8 Å². The van der Waals surface area contributed by atoms with Crippen molar-refractivity contribution in [3.8, 4) is 5.75 Å². The fourth-order valence-corrected chi connectivity index (χ4v) is 5.78. The van der Waals surface area contributed by atoms with Crippen molar-refractivity contribution >= 4 is 18.1 Å². The van der Waals surface area contributed by atoms with Gasteiger partial charge in [-0.15, -0.1) is 0 Å². The molecule has 1 aromatic heterocycles. The first-order chi connectivity index (χ1) is 21.2. The van der Waals surface area contributed by atoms with Crippen molar-refractivity contribution in [3.05, 3.63) is 47.5 Å². The van der Waals surface area contributed by atoms with Crippen LogP contribution in [0.4, 0.5) is 28.7 Å². The van der Waals surface area contributed by atoms with Gasteiger partial charge in [0.1, 0.15) is 11.4 Å². The highest BCUT2D eigenvalue weighted by atomic mass is 19.2. The number of aromatic nitrogens is 2. The summed E-state index contributed by atoms with van der Waals surface area (Å²) >= 11 is 0. The predicted molar refractivity (Wildman–Crippen MR) is 162 cm³/mol. The van der Waals surface area contributed by atoms with Crippen LogP contribution in [0, 0.1) is 29.3 Å². The largest absolute Gasteiger partial charge is 0.490 e. The first kappa shape index (κ1) is 34.1. The first-order valence-electron chi connectivity index (χ1n) is 15.5. The van der Waals surface area contributed by atoms with Gasteiger partial charge in [0.2, 0.25) is 5.95 Å². The van der Waals surface area contributed by atoms with E-state index in [0.717, 1.165) is 25.3 Å². The van der Waals surface area contributed by atoms with Crippen molar-refractivity contribution in [3.63, 3.8) is 0 Å². The number of amides is 2. The van der Waals surface area contributed by atoms with E-state index in [0.29, 0.717) is 49.3 Å². The molecule has 2 aromatic rings. The molecule has 2 aliphatic heterocycles. The number of nitrogens with zero attached hydrogens (tertiary/aromatic N) is 4. The van der Waals surface area contributed by atoms with Crippen LogP contribution < -0.4 is 15.0 Å². The molecule has 2 aliphatic rings. The highest BCUT2D eigenvalue weighted by molar-refractivity contribution is 5.69. The number of halogens is 3. The molecule has 3 heterocycles. The van der Waals surface area contributed by atoms with Crippen molar-refractivity contribution in [1.29, 1.82) is 0 Å². The number of rotatable bonds is 9. The van der Waals surface area contributed by atoms with Crippen molar-refractivity contribution in [2.75, 3.05) is 37.7 Å². The van der Waals surface area contributed by atoms with Gasteiger partial charge in [0, 0.05) is 38.2 Å². The smallest absolute Gasteiger partial charge is 0.410 e. The average molecular weight is 636 g/mol. The van der Waals surface area contributed by atoms with E-state index < -0.39 is 41.1 Å². The Balaban J connectivity index is 1.33. The Morgan fingerprint density at radius 3 is 2.27 bits per heavy atom. The molecule has 248 valence electrons. The Kier molecular flexibility index (Phi) is 11.0. The standard InChI is InChI=1S/C32H44F3N5O5/c1-19(2)44-31(42)39-10-7-21(8-11-39)20(3)9-12-43-22-15-36-29(37-16-22)40-17-24(23-13-26(34)27(35)14-25(23)33)28(18-40)38-30(41)45-32(4,5)6/h13-16,19-21,24,28H,7-12,17-18H2,1-6H3,(H,38,41)/t20-,24-,28+/m1/s1. The quantitative estimate of drug-likeness (QED) is 0.332. The van der Waals surface area contributed by atoms with Crippen LogP contribution in [0.3, 0.4) is 0 Å². The van der Waals surface area contributed by atoms with Gasteiger partial charge >= 0.3 is 12.2 Å². The minimum atomic E-state index is -1.29. The molecule has 1 aromatic carbocycles. The zero-order chi connectivity index (χ0) is 32.9. The minimum Gasteiger partial charge on any atom is -0.490 e. The number of anilines is 1. The summed E-state index contributed by atoms with van der Waals surface area (Å²) in [5.74, 6) is -2.39. The molecule has 10 nitrogen and oxygen atoms in total. The molecule has 0 aliphatic carbocycles. The van der Waals surface area contributed by atoms with Gasteiger partial charge in [-0.3, -0.25) is 0 Å². The number of likely N-dealkylation sites (tertiary alicyclic amines) is 1. The predicted octanol–water partition coefficient (Wildman–Crippen LogP) is 6.05. The van der Waals surface area contributed by atoms with E-state index in [9.17, 15) is 22.8 Å². The fraction of sp³-hybridized carbons (Fsp3) is 0.625. The first-order valence-corrected chi connectivity index (χ1v) is 15.5. The van der Waals surface area contributed by atoms with Gasteiger partial charge in [-0.1, -0.05) is 6.92 Å². The van der Waals surface area contributed by atoms with Crippen molar-refractivity contribution in [2.24, 2.45) is 11.8 Å². The number of carbonyl (C=O) groups is 2. The van der Waals surface area contributed by atoms with E-state index in [2.05, 4.69) is 22.2 Å². The second-order valence-corrected chi connectivity index (χ2v) is 13.1. The lowest BCUT2D eigenvalue weighted by Crippen LogP contribution is -2.43. The fourth-order valence-electron chi connectivity index (χ4n) is 5.78. The molecular formula is C32H44F3N5O5. The van der Waals surface area contributed by atoms with E-state index in [4.69, 9.17) is 14.2 Å². The Hall–Kier alpha value is -3.77. The Bertz CT molecular complexity index is 1320. The van der Waals surface area contributed by atoms with E-state index in [1.165, 1.54) is 0 Å². The van der Waals surface area contributed by atoms with Crippen LogP contribution in [0.2, 0.25) is 0 Å². The SMILES string of the molecule is CC(C)OC(=O)N1CCC([C@H](C)CCOc2cnc(N3C[C@H](NC(=O)OC(C)(C)C)[C@@H](c4cc(F)c(F)cc4F)C3)nc2)CC1. The molecule has 2 fully saturated rings. The zero-order valence-corrected chi connectivity index (χ0v) is 26.8. The molecule has 0 bridgehead atoms. The second kappa shape index (κ2) is 14.6. The molecule has 2 saturated heterocycles. The number of nitrogens with one attached hydrogen (secondary N) is 1. The van der Waals surface area contributed by atoms with Crippen LogP contribution in [0.5, 0.6) is 5.75 Å². The summed E-state index contributed by atoms with van der Waals surface area (Å²) in [6.07, 6.45) is 4.67. The molecule has 0 unspecified atom stereocenters. The topological polar surface area (TPSA) is 106 Å². The van der Waals surface area contributed by atoms with Crippen LogP contribution in [-0.2, 0) is 9.47 Å². The third kappa shape index (κ3) is 9.37. The van der Waals surface area contributed by atoms with Crippen LogP contribution in [0.15, 0.2) is 24.5 Å². The van der Waals surface area contributed by atoms with Gasteiger partial charge in [0.15, 0.2) is 17.4 Å². The summed E-state index contributed by atoms with van der Waals surface area (Å²) in [5, 5.41) is 2.75. The normalized spacial score (nSPS) is 19.9. The molecule has 4 rings (SSSR count). The van der Waals surface area contributed by atoms with Crippen molar-refractivity contribution in [2.45, 2.75) is 84.5 Å². The number of hydrogen-bond donors (Lipinski definition) is 1. The maximum absolute atomic E-state index is 14.8. The summed E-state index contributed by atoms with van der Waals surface area (Å²) in [4.78, 5) is 37.1. The number of carbonyl (C=O) groups excluding carboxylic acids is 2. The maximum atomic E-state index is 14.8. The van der Waals surface area contributed by atoms with Gasteiger partial charge < -0.3 is 29.3 Å². The number of alkyl carbamates (subject to hydrolysis) is 1. The number of hydrogen-bond acceptors (Lipinski definition) is 8. The summed E-state index contributed by atoms with van der Waals surface area (Å²) in [5.41, 5.74) is -0.824. The van der Waals surface area contributed by atoms with Gasteiger partial charge in [-0.05, 0) is 77.3 Å². The van der Waals surface area contributed by atoms with Crippen molar-refractivity contribution < 1.29 is 37.0 Å². The Morgan fingerprint density at radius 2 is 1.64 bits per heavy atom. The maximum Gasteiger partial charge on any atom is 0.410 e. The molecule has 0 spiro atoms. The lowest BCUT2D eigenvalue weighted by atomic mass is 9.84. The third-order valence-electron chi connectivity index (χ3n) is 8.14. The van der Waals surface area contributed by atoms with E-state index in [-0.39, 0.29) is 30.9 Å². The molecule has 13 heteroatoms. The number of piperidine rings is 1. The monoisotopic (exact) mass is 635 g/mol. The zero-order valence-electron chi connectivity index (χ0n) is 26.8. The Labute approximate surface area is 262 Å². The molecule has 0 saturated carbocycles. The van der Waals surface area contributed by atoms with Gasteiger partial charge in [-0.2, -0.15) is 0 Å². The van der Waals surface area contributed by atoms with Gasteiger partial charge in [0.25, 0.3) is 0 Å². The highest BCUT2D eigenvalue weighted by Gasteiger charge is 2.39. The molecule has 2 amide bonds. The van der Waals surface area contributed by atoms with Crippen LogP contribution in [0.25, 0.3) is 0 Å². The summed E-state index contributed by atoms with van der Waals surface area (Å²) in [6, 6.07) is 0.646. The molecular weight excluding hydrogens is 591 g/mol. The van der Waals surface area contributed by atoms with E-state index >= 15 is 0 Å².